The van der Waals surface area contributed by atoms with E-state index < -0.39 is 0 Å². The highest BCUT2D eigenvalue weighted by atomic mass is 16.2. The molecule has 0 aromatic carbocycles. The summed E-state index contributed by atoms with van der Waals surface area (Å²) in [4.78, 5) is 28.8. The first-order valence-corrected chi connectivity index (χ1v) is 8.20. The molecule has 2 aliphatic heterocycles. The van der Waals surface area contributed by atoms with Gasteiger partial charge in [0.05, 0.1) is 0 Å². The molecular formula is C16H26N2O2. The van der Waals surface area contributed by atoms with Crippen LogP contribution < -0.4 is 0 Å². The lowest BCUT2D eigenvalue weighted by atomic mass is 9.80. The van der Waals surface area contributed by atoms with Gasteiger partial charge in [-0.2, -0.15) is 0 Å². The van der Waals surface area contributed by atoms with Crippen molar-refractivity contribution < 1.29 is 9.59 Å². The minimum Gasteiger partial charge on any atom is -0.329 e. The van der Waals surface area contributed by atoms with E-state index in [1.54, 1.807) is 0 Å². The number of fused-ring (bicyclic) bond motifs is 1. The number of piperazine rings is 1. The van der Waals surface area contributed by atoms with Gasteiger partial charge in [-0.1, -0.05) is 26.2 Å². The second kappa shape index (κ2) is 5.38. The van der Waals surface area contributed by atoms with Crippen LogP contribution in [0.4, 0.5) is 0 Å². The Hall–Kier alpha value is -1.06. The molecule has 2 saturated heterocycles. The van der Waals surface area contributed by atoms with Crippen LogP contribution in [0, 0.1) is 11.8 Å². The van der Waals surface area contributed by atoms with Crippen LogP contribution in [0.5, 0.6) is 0 Å². The lowest BCUT2D eigenvalue weighted by molar-refractivity contribution is -0.159. The molecule has 1 aliphatic carbocycles. The van der Waals surface area contributed by atoms with E-state index in [2.05, 4.69) is 6.92 Å². The molecule has 112 valence electrons. The zero-order valence-electron chi connectivity index (χ0n) is 12.7. The van der Waals surface area contributed by atoms with Crippen molar-refractivity contribution in [1.82, 2.24) is 9.80 Å². The van der Waals surface area contributed by atoms with Gasteiger partial charge in [0, 0.05) is 13.1 Å². The topological polar surface area (TPSA) is 40.6 Å². The molecule has 3 rings (SSSR count). The first-order chi connectivity index (χ1) is 9.59. The maximum atomic E-state index is 12.7. The van der Waals surface area contributed by atoms with Gasteiger partial charge in [0.25, 0.3) is 0 Å². The van der Waals surface area contributed by atoms with Crippen LogP contribution in [0.2, 0.25) is 0 Å². The summed E-state index contributed by atoms with van der Waals surface area (Å²) in [5, 5.41) is 0. The van der Waals surface area contributed by atoms with E-state index >= 15 is 0 Å². The number of carbonyl (C=O) groups is 2. The molecule has 4 unspecified atom stereocenters. The van der Waals surface area contributed by atoms with Gasteiger partial charge >= 0.3 is 0 Å². The van der Waals surface area contributed by atoms with Gasteiger partial charge in [-0.25, -0.2) is 0 Å². The highest BCUT2D eigenvalue weighted by Crippen LogP contribution is 2.33. The third-order valence-electron chi connectivity index (χ3n) is 5.65. The van der Waals surface area contributed by atoms with Crippen molar-refractivity contribution in [2.75, 3.05) is 13.1 Å². The van der Waals surface area contributed by atoms with Crippen molar-refractivity contribution in [3.63, 3.8) is 0 Å². The van der Waals surface area contributed by atoms with E-state index in [-0.39, 0.29) is 23.9 Å². The Balaban J connectivity index is 1.74. The first-order valence-electron chi connectivity index (χ1n) is 8.20. The zero-order valence-corrected chi connectivity index (χ0v) is 12.7. The molecule has 0 N–H and O–H groups in total. The van der Waals surface area contributed by atoms with Crippen LogP contribution in [-0.2, 0) is 9.59 Å². The fourth-order valence-electron chi connectivity index (χ4n) is 4.21. The van der Waals surface area contributed by atoms with E-state index in [4.69, 9.17) is 0 Å². The van der Waals surface area contributed by atoms with E-state index in [1.807, 2.05) is 16.7 Å². The maximum absolute atomic E-state index is 12.7. The molecule has 1 saturated carbocycles. The molecule has 0 spiro atoms. The Labute approximate surface area is 121 Å². The molecule has 4 heteroatoms. The van der Waals surface area contributed by atoms with Crippen LogP contribution in [-0.4, -0.2) is 46.8 Å². The number of nitrogens with zero attached hydrogens (tertiary/aromatic N) is 2. The van der Waals surface area contributed by atoms with Gasteiger partial charge < -0.3 is 9.80 Å². The molecule has 4 nitrogen and oxygen atoms in total. The van der Waals surface area contributed by atoms with Crippen molar-refractivity contribution in [2.24, 2.45) is 11.8 Å². The number of hydrogen-bond donors (Lipinski definition) is 0. The third kappa shape index (κ3) is 2.23. The van der Waals surface area contributed by atoms with Crippen LogP contribution in [0.15, 0.2) is 0 Å². The Morgan fingerprint density at radius 2 is 1.75 bits per heavy atom. The van der Waals surface area contributed by atoms with E-state index in [9.17, 15) is 9.59 Å². The minimum absolute atomic E-state index is 0.155. The van der Waals surface area contributed by atoms with Gasteiger partial charge in [0.15, 0.2) is 0 Å². The van der Waals surface area contributed by atoms with Crippen LogP contribution in [0.3, 0.4) is 0 Å². The highest BCUT2D eigenvalue weighted by Gasteiger charge is 2.46. The Bertz CT molecular complexity index is 409. The summed E-state index contributed by atoms with van der Waals surface area (Å²) < 4.78 is 0. The van der Waals surface area contributed by atoms with E-state index in [0.29, 0.717) is 11.8 Å². The smallest absolute Gasteiger partial charge is 0.246 e. The molecule has 2 amide bonds. The van der Waals surface area contributed by atoms with Gasteiger partial charge in [-0.05, 0) is 38.0 Å². The monoisotopic (exact) mass is 278 g/mol. The number of carbonyl (C=O) groups excluding carboxylic acids is 2. The van der Waals surface area contributed by atoms with Crippen LogP contribution in [0.1, 0.15) is 52.4 Å². The van der Waals surface area contributed by atoms with Crippen molar-refractivity contribution in [3.8, 4) is 0 Å². The molecule has 0 bridgehead atoms. The summed E-state index contributed by atoms with van der Waals surface area (Å²) in [6.45, 7) is 5.76. The molecule has 4 atom stereocenters. The fraction of sp³-hybridized carbons (Fsp3) is 0.875. The summed E-state index contributed by atoms with van der Waals surface area (Å²) in [5.41, 5.74) is 0. The summed E-state index contributed by atoms with van der Waals surface area (Å²) in [6.07, 6.45) is 6.90. The lowest BCUT2D eigenvalue weighted by Gasteiger charge is -2.43. The summed E-state index contributed by atoms with van der Waals surface area (Å²) in [5.74, 6) is 1.62. The van der Waals surface area contributed by atoms with Crippen LogP contribution in [0.25, 0.3) is 0 Å². The van der Waals surface area contributed by atoms with Crippen molar-refractivity contribution in [1.29, 1.82) is 0 Å². The molecule has 0 aromatic heterocycles. The largest absolute Gasteiger partial charge is 0.329 e. The molecule has 0 radical (unpaired) electrons. The Morgan fingerprint density at radius 1 is 1.00 bits per heavy atom. The van der Waals surface area contributed by atoms with E-state index in [1.165, 1.54) is 25.7 Å². The predicted molar refractivity (Wildman–Crippen MR) is 77.0 cm³/mol. The zero-order chi connectivity index (χ0) is 14.3. The number of hydrogen-bond acceptors (Lipinski definition) is 2. The highest BCUT2D eigenvalue weighted by molar-refractivity contribution is 5.97. The predicted octanol–water partition coefficient (Wildman–Crippen LogP) is 2.03. The van der Waals surface area contributed by atoms with Crippen molar-refractivity contribution in [3.05, 3.63) is 0 Å². The molecule has 3 aliphatic rings. The van der Waals surface area contributed by atoms with Gasteiger partial charge in [-0.15, -0.1) is 0 Å². The third-order valence-corrected chi connectivity index (χ3v) is 5.65. The minimum atomic E-state index is -0.258. The summed E-state index contributed by atoms with van der Waals surface area (Å²) >= 11 is 0. The normalized spacial score (nSPS) is 38.3. The maximum Gasteiger partial charge on any atom is 0.246 e. The van der Waals surface area contributed by atoms with Crippen molar-refractivity contribution in [2.45, 2.75) is 64.5 Å². The standard InChI is InChI=1S/C16H26N2O2/c1-11-6-3-4-7-13(11)10-18-12(2)15(19)17-9-5-8-14(17)16(18)20/h11-14H,3-10H2,1-2H3. The van der Waals surface area contributed by atoms with Crippen molar-refractivity contribution >= 4 is 11.8 Å². The molecular weight excluding hydrogens is 252 g/mol. The van der Waals surface area contributed by atoms with E-state index in [0.717, 1.165) is 25.9 Å². The SMILES string of the molecule is CC1CCCCC1CN1C(=O)C2CCCN2C(=O)C1C. The molecule has 0 aromatic rings. The van der Waals surface area contributed by atoms with Crippen LogP contribution >= 0.6 is 0 Å². The van der Waals surface area contributed by atoms with Gasteiger partial charge in [0.1, 0.15) is 12.1 Å². The Morgan fingerprint density at radius 3 is 2.50 bits per heavy atom. The average Bonchev–Trinajstić information content (AvgIpc) is 2.93. The quantitative estimate of drug-likeness (QED) is 0.775. The second-order valence-corrected chi connectivity index (χ2v) is 6.88. The fourth-order valence-corrected chi connectivity index (χ4v) is 4.21. The Kier molecular flexibility index (Phi) is 3.74. The van der Waals surface area contributed by atoms with Gasteiger partial charge in [-0.3, -0.25) is 9.59 Å². The lowest BCUT2D eigenvalue weighted by Crippen LogP contribution is -2.62. The molecule has 2 heterocycles. The molecule has 20 heavy (non-hydrogen) atoms. The molecule has 3 fully saturated rings. The summed E-state index contributed by atoms with van der Waals surface area (Å²) in [7, 11) is 0. The number of amides is 2. The average molecular weight is 278 g/mol. The van der Waals surface area contributed by atoms with Gasteiger partial charge in [0.2, 0.25) is 11.8 Å². The summed E-state index contributed by atoms with van der Waals surface area (Å²) in [6, 6.07) is -0.413. The number of rotatable bonds is 2. The second-order valence-electron chi connectivity index (χ2n) is 6.88. The first kappa shape index (κ1) is 13.9.